The molecule has 0 heterocycles. The smallest absolute Gasteiger partial charge is 0.159 e. The first kappa shape index (κ1) is 18.8. The fraction of sp³-hybridized carbons (Fsp3) is 0.0769. The van der Waals surface area contributed by atoms with Crippen LogP contribution in [0.5, 0.6) is 0 Å². The van der Waals surface area contributed by atoms with Crippen LogP contribution < -0.4 is 0 Å². The molecule has 0 amide bonds. The van der Waals surface area contributed by atoms with Gasteiger partial charge in [-0.15, -0.1) is 0 Å². The maximum Gasteiger partial charge on any atom is 0.159 e. The summed E-state index contributed by atoms with van der Waals surface area (Å²) < 4.78 is 41.0. The lowest BCUT2D eigenvalue weighted by Gasteiger charge is -2.05. The van der Waals surface area contributed by atoms with Crippen LogP contribution in [0.15, 0.2) is 72.8 Å². The third kappa shape index (κ3) is 4.02. The Labute approximate surface area is 167 Å². The molecule has 4 aromatic rings. The molecule has 0 radical (unpaired) electrons. The van der Waals surface area contributed by atoms with Crippen LogP contribution in [0.2, 0.25) is 0 Å². The fourth-order valence-electron chi connectivity index (χ4n) is 3.21. The molecular weight excluding hydrogens is 369 g/mol. The maximum atomic E-state index is 14.3. The van der Waals surface area contributed by atoms with Crippen LogP contribution in [0.1, 0.15) is 23.6 Å². The Morgan fingerprint density at radius 2 is 1.28 bits per heavy atom. The molecule has 0 unspecified atom stereocenters. The van der Waals surface area contributed by atoms with E-state index in [0.717, 1.165) is 23.1 Å². The molecule has 0 fully saturated rings. The van der Waals surface area contributed by atoms with Crippen molar-refractivity contribution in [2.24, 2.45) is 0 Å². The largest absolute Gasteiger partial charge is 0.206 e. The molecule has 0 aliphatic carbocycles. The van der Waals surface area contributed by atoms with Crippen LogP contribution in [0.3, 0.4) is 0 Å². The quantitative estimate of drug-likeness (QED) is 0.329. The molecule has 0 aliphatic heterocycles. The minimum Gasteiger partial charge on any atom is -0.206 e. The lowest BCUT2D eigenvalue weighted by atomic mass is 10.0. The van der Waals surface area contributed by atoms with Crippen molar-refractivity contribution in [2.75, 3.05) is 0 Å². The standard InChI is InChI=1S/C26H17F3/c1-2-17-8-12-23(24(27)14-17)20-9-5-18(6-10-20)3-4-19-7-11-21-15-25(28)26(29)16-22(21)13-19/h5-16H,2H2,1H3. The van der Waals surface area contributed by atoms with Gasteiger partial charge in [-0.2, -0.15) is 0 Å². The Morgan fingerprint density at radius 3 is 1.97 bits per heavy atom. The first-order valence-electron chi connectivity index (χ1n) is 9.33. The zero-order valence-electron chi connectivity index (χ0n) is 15.8. The molecule has 0 bridgehead atoms. The Morgan fingerprint density at radius 1 is 0.621 bits per heavy atom. The summed E-state index contributed by atoms with van der Waals surface area (Å²) in [4.78, 5) is 0. The van der Waals surface area contributed by atoms with Crippen LogP contribution in [0.4, 0.5) is 13.2 Å². The van der Waals surface area contributed by atoms with E-state index >= 15 is 0 Å². The van der Waals surface area contributed by atoms with Crippen molar-refractivity contribution in [2.45, 2.75) is 13.3 Å². The Hall–Kier alpha value is -3.51. The van der Waals surface area contributed by atoms with Crippen LogP contribution >= 0.6 is 0 Å². The molecule has 0 atom stereocenters. The second kappa shape index (κ2) is 7.85. The molecule has 29 heavy (non-hydrogen) atoms. The minimum absolute atomic E-state index is 0.233. The lowest BCUT2D eigenvalue weighted by molar-refractivity contribution is 0.511. The summed E-state index contributed by atoms with van der Waals surface area (Å²) in [6.07, 6.45) is 0.794. The van der Waals surface area contributed by atoms with Gasteiger partial charge < -0.3 is 0 Å². The van der Waals surface area contributed by atoms with Gasteiger partial charge in [-0.05, 0) is 70.8 Å². The van der Waals surface area contributed by atoms with Crippen molar-refractivity contribution in [1.29, 1.82) is 0 Å². The van der Waals surface area contributed by atoms with E-state index in [2.05, 4.69) is 11.8 Å². The zero-order chi connectivity index (χ0) is 20.4. The fourth-order valence-corrected chi connectivity index (χ4v) is 3.21. The van der Waals surface area contributed by atoms with Crippen molar-refractivity contribution < 1.29 is 13.2 Å². The van der Waals surface area contributed by atoms with Gasteiger partial charge in [0.2, 0.25) is 0 Å². The lowest BCUT2D eigenvalue weighted by Crippen LogP contribution is -1.88. The predicted octanol–water partition coefficient (Wildman–Crippen LogP) is 6.89. The Kier molecular flexibility index (Phi) is 5.10. The molecule has 3 heteroatoms. The first-order valence-corrected chi connectivity index (χ1v) is 9.33. The highest BCUT2D eigenvalue weighted by Gasteiger charge is 2.06. The summed E-state index contributed by atoms with van der Waals surface area (Å²) in [7, 11) is 0. The average Bonchev–Trinajstić information content (AvgIpc) is 2.73. The van der Waals surface area contributed by atoms with Gasteiger partial charge in [0.1, 0.15) is 5.82 Å². The molecule has 0 aliphatic rings. The highest BCUT2D eigenvalue weighted by atomic mass is 19.2. The molecule has 0 saturated heterocycles. The molecular formula is C26H17F3. The SMILES string of the molecule is CCc1ccc(-c2ccc(C#Cc3ccc4cc(F)c(F)cc4c3)cc2)c(F)c1. The van der Waals surface area contributed by atoms with Crippen LogP contribution in [0, 0.1) is 29.3 Å². The number of aryl methyl sites for hydroxylation is 1. The summed E-state index contributed by atoms with van der Waals surface area (Å²) >= 11 is 0. The third-order valence-corrected chi connectivity index (χ3v) is 4.87. The number of hydrogen-bond acceptors (Lipinski definition) is 0. The van der Waals surface area contributed by atoms with Gasteiger partial charge in [-0.1, -0.05) is 49.1 Å². The van der Waals surface area contributed by atoms with E-state index < -0.39 is 11.6 Å². The van der Waals surface area contributed by atoms with Crippen molar-refractivity contribution in [3.05, 3.63) is 107 Å². The van der Waals surface area contributed by atoms with Gasteiger partial charge in [-0.25, -0.2) is 13.2 Å². The Balaban J connectivity index is 1.59. The number of fused-ring (bicyclic) bond motifs is 1. The molecule has 4 aromatic carbocycles. The number of halogens is 3. The van der Waals surface area contributed by atoms with E-state index in [0.29, 0.717) is 21.9 Å². The Bertz CT molecular complexity index is 1260. The summed E-state index contributed by atoms with van der Waals surface area (Å²) in [6.45, 7) is 1.99. The van der Waals surface area contributed by atoms with Gasteiger partial charge >= 0.3 is 0 Å². The van der Waals surface area contributed by atoms with Crippen molar-refractivity contribution in [3.63, 3.8) is 0 Å². The van der Waals surface area contributed by atoms with Gasteiger partial charge in [-0.3, -0.25) is 0 Å². The summed E-state index contributed by atoms with van der Waals surface area (Å²) in [5.74, 6) is 4.11. The van der Waals surface area contributed by atoms with Crippen molar-refractivity contribution in [1.82, 2.24) is 0 Å². The van der Waals surface area contributed by atoms with E-state index in [1.807, 2.05) is 37.3 Å². The predicted molar refractivity (Wildman–Crippen MR) is 111 cm³/mol. The number of hydrogen-bond donors (Lipinski definition) is 0. The minimum atomic E-state index is -0.877. The van der Waals surface area contributed by atoms with Crippen molar-refractivity contribution >= 4 is 10.8 Å². The van der Waals surface area contributed by atoms with Crippen LogP contribution in [0.25, 0.3) is 21.9 Å². The zero-order valence-corrected chi connectivity index (χ0v) is 15.8. The van der Waals surface area contributed by atoms with E-state index in [9.17, 15) is 13.2 Å². The maximum absolute atomic E-state index is 14.3. The first-order chi connectivity index (χ1) is 14.0. The van der Waals surface area contributed by atoms with E-state index in [-0.39, 0.29) is 5.82 Å². The average molecular weight is 386 g/mol. The molecule has 4 rings (SSSR count). The second-order valence-electron chi connectivity index (χ2n) is 6.82. The molecule has 0 aromatic heterocycles. The molecule has 0 saturated carbocycles. The molecule has 0 spiro atoms. The van der Waals surface area contributed by atoms with E-state index in [4.69, 9.17) is 0 Å². The highest BCUT2D eigenvalue weighted by Crippen LogP contribution is 2.24. The summed E-state index contributed by atoms with van der Waals surface area (Å²) in [5, 5.41) is 1.21. The number of rotatable bonds is 2. The van der Waals surface area contributed by atoms with Gasteiger partial charge in [0.05, 0.1) is 0 Å². The van der Waals surface area contributed by atoms with Gasteiger partial charge in [0, 0.05) is 16.7 Å². The van der Waals surface area contributed by atoms with E-state index in [1.165, 1.54) is 12.1 Å². The summed E-state index contributed by atoms with van der Waals surface area (Å²) in [5.41, 5.74) is 3.80. The third-order valence-electron chi connectivity index (χ3n) is 4.87. The monoisotopic (exact) mass is 386 g/mol. The van der Waals surface area contributed by atoms with E-state index in [1.54, 1.807) is 30.3 Å². The van der Waals surface area contributed by atoms with Crippen molar-refractivity contribution in [3.8, 4) is 23.0 Å². The highest BCUT2D eigenvalue weighted by molar-refractivity contribution is 5.84. The topological polar surface area (TPSA) is 0 Å². The normalized spacial score (nSPS) is 10.6. The van der Waals surface area contributed by atoms with Gasteiger partial charge in [0.25, 0.3) is 0 Å². The number of benzene rings is 4. The molecule has 0 N–H and O–H groups in total. The molecule has 0 nitrogen and oxygen atoms in total. The summed E-state index contributed by atoms with van der Waals surface area (Å²) in [6, 6.07) is 20.2. The van der Waals surface area contributed by atoms with Crippen LogP contribution in [-0.2, 0) is 6.42 Å². The molecule has 142 valence electrons. The van der Waals surface area contributed by atoms with Crippen LogP contribution in [-0.4, -0.2) is 0 Å². The van der Waals surface area contributed by atoms with Gasteiger partial charge in [0.15, 0.2) is 11.6 Å². The second-order valence-corrected chi connectivity index (χ2v) is 6.82.